The predicted molar refractivity (Wildman–Crippen MR) is 86.2 cm³/mol. The van der Waals surface area contributed by atoms with Crippen LogP contribution in [0.15, 0.2) is 41.0 Å². The van der Waals surface area contributed by atoms with Gasteiger partial charge < -0.3 is 10.4 Å². The number of amidine groups is 1. The molecule has 0 atom stereocenters. The number of hydrogen-bond acceptors (Lipinski definition) is 2. The molecule has 0 saturated heterocycles. The molecule has 0 aliphatic carbocycles. The molecule has 0 fully saturated rings. The lowest BCUT2D eigenvalue weighted by Crippen LogP contribution is -2.20. The minimum absolute atomic E-state index is 0.309. The molecule has 0 aromatic heterocycles. The highest BCUT2D eigenvalue weighted by atomic mass is 16.3. The lowest BCUT2D eigenvalue weighted by atomic mass is 10.1. The zero-order chi connectivity index (χ0) is 14.8. The molecular weight excluding hydrogens is 248 g/mol. The first-order valence-corrected chi connectivity index (χ1v) is 7.40. The molecule has 0 radical (unpaired) electrons. The number of aromatic hydroxyl groups is 1. The third-order valence-electron chi connectivity index (χ3n) is 3.00. The summed E-state index contributed by atoms with van der Waals surface area (Å²) in [4.78, 5) is 4.55. The molecule has 1 aromatic carbocycles. The Hall–Kier alpha value is -1.77. The van der Waals surface area contributed by atoms with Crippen molar-refractivity contribution < 1.29 is 5.11 Å². The van der Waals surface area contributed by atoms with Crippen LogP contribution in [0, 0.1) is 0 Å². The van der Waals surface area contributed by atoms with E-state index in [4.69, 9.17) is 0 Å². The Morgan fingerprint density at radius 1 is 1.25 bits per heavy atom. The van der Waals surface area contributed by atoms with Crippen LogP contribution in [0.1, 0.15) is 45.6 Å². The summed E-state index contributed by atoms with van der Waals surface area (Å²) < 4.78 is 0. The molecule has 0 amide bonds. The smallest absolute Gasteiger partial charge is 0.115 e. The largest absolute Gasteiger partial charge is 0.508 e. The molecule has 0 heterocycles. The number of phenolic OH excluding ortho intramolecular Hbond substituents is 1. The first-order chi connectivity index (χ1) is 9.65. The van der Waals surface area contributed by atoms with Gasteiger partial charge in [-0.3, -0.25) is 4.99 Å². The maximum absolute atomic E-state index is 9.23. The van der Waals surface area contributed by atoms with Gasteiger partial charge in [0.15, 0.2) is 0 Å². The molecule has 0 spiro atoms. The van der Waals surface area contributed by atoms with E-state index in [2.05, 4.69) is 30.2 Å². The second kappa shape index (κ2) is 9.18. The zero-order valence-corrected chi connectivity index (χ0v) is 12.8. The Morgan fingerprint density at radius 3 is 2.55 bits per heavy atom. The van der Waals surface area contributed by atoms with Gasteiger partial charge >= 0.3 is 0 Å². The minimum atomic E-state index is 0.309. The van der Waals surface area contributed by atoms with Gasteiger partial charge in [-0.05, 0) is 43.9 Å². The van der Waals surface area contributed by atoms with Crippen LogP contribution in [-0.4, -0.2) is 17.5 Å². The summed E-state index contributed by atoms with van der Waals surface area (Å²) >= 11 is 0. The number of aliphatic imine (C=N–C) groups is 1. The average Bonchev–Trinajstić information content (AvgIpc) is 2.41. The lowest BCUT2D eigenvalue weighted by Gasteiger charge is -2.10. The van der Waals surface area contributed by atoms with Crippen LogP contribution < -0.4 is 5.32 Å². The van der Waals surface area contributed by atoms with Crippen molar-refractivity contribution >= 4 is 5.84 Å². The topological polar surface area (TPSA) is 44.6 Å². The number of benzene rings is 1. The molecule has 2 N–H and O–H groups in total. The van der Waals surface area contributed by atoms with Crippen LogP contribution in [0.2, 0.25) is 0 Å². The summed E-state index contributed by atoms with van der Waals surface area (Å²) in [6.45, 7) is 7.10. The van der Waals surface area contributed by atoms with Crippen molar-refractivity contribution in [2.24, 2.45) is 4.99 Å². The van der Waals surface area contributed by atoms with E-state index in [0.717, 1.165) is 38.1 Å². The molecular formula is C17H26N2O. The van der Waals surface area contributed by atoms with Crippen molar-refractivity contribution in [2.45, 2.75) is 46.5 Å². The molecule has 1 aromatic rings. The zero-order valence-electron chi connectivity index (χ0n) is 12.8. The van der Waals surface area contributed by atoms with Gasteiger partial charge in [-0.15, -0.1) is 0 Å². The quantitative estimate of drug-likeness (QED) is 0.582. The van der Waals surface area contributed by atoms with Gasteiger partial charge in [0, 0.05) is 12.2 Å². The van der Waals surface area contributed by atoms with Gasteiger partial charge in [-0.1, -0.05) is 38.5 Å². The average molecular weight is 274 g/mol. The van der Waals surface area contributed by atoms with Crippen molar-refractivity contribution in [3.05, 3.63) is 41.6 Å². The van der Waals surface area contributed by atoms with Gasteiger partial charge in [0.25, 0.3) is 0 Å². The van der Waals surface area contributed by atoms with E-state index in [1.807, 2.05) is 19.1 Å². The highest BCUT2D eigenvalue weighted by Gasteiger charge is 1.97. The molecule has 110 valence electrons. The number of hydrogen-bond donors (Lipinski definition) is 2. The molecule has 20 heavy (non-hydrogen) atoms. The lowest BCUT2D eigenvalue weighted by molar-refractivity contribution is 0.475. The molecule has 0 unspecified atom stereocenters. The summed E-state index contributed by atoms with van der Waals surface area (Å²) in [5.41, 5.74) is 2.46. The van der Waals surface area contributed by atoms with Crippen LogP contribution >= 0.6 is 0 Å². The van der Waals surface area contributed by atoms with E-state index < -0.39 is 0 Å². The first kappa shape index (κ1) is 16.3. The fourth-order valence-electron chi connectivity index (χ4n) is 2.02. The molecule has 1 rings (SSSR count). The van der Waals surface area contributed by atoms with Crippen LogP contribution in [0.25, 0.3) is 0 Å². The number of rotatable bonds is 7. The van der Waals surface area contributed by atoms with Crippen molar-refractivity contribution in [3.63, 3.8) is 0 Å². The van der Waals surface area contributed by atoms with Crippen LogP contribution in [0.3, 0.4) is 0 Å². The maximum atomic E-state index is 9.23. The highest BCUT2D eigenvalue weighted by molar-refractivity contribution is 5.81. The summed E-state index contributed by atoms with van der Waals surface area (Å²) in [6.07, 6.45) is 6.36. The van der Waals surface area contributed by atoms with Gasteiger partial charge in [0.2, 0.25) is 0 Å². The summed E-state index contributed by atoms with van der Waals surface area (Å²) in [5.74, 6) is 1.28. The number of allylic oxidation sites excluding steroid dienone is 2. The molecule has 0 saturated carbocycles. The van der Waals surface area contributed by atoms with Crippen LogP contribution in [0.5, 0.6) is 5.75 Å². The summed E-state index contributed by atoms with van der Waals surface area (Å²) in [5, 5.41) is 12.6. The van der Waals surface area contributed by atoms with Crippen molar-refractivity contribution in [1.29, 1.82) is 0 Å². The van der Waals surface area contributed by atoms with E-state index in [1.54, 1.807) is 12.1 Å². The third-order valence-corrected chi connectivity index (χ3v) is 3.00. The Balaban J connectivity index is 2.44. The summed E-state index contributed by atoms with van der Waals surface area (Å²) in [6, 6.07) is 7.31. The predicted octanol–water partition coefficient (Wildman–Crippen LogP) is 4.04. The van der Waals surface area contributed by atoms with Crippen molar-refractivity contribution in [3.8, 4) is 5.75 Å². The monoisotopic (exact) mass is 274 g/mol. The second-order valence-corrected chi connectivity index (χ2v) is 4.90. The molecule has 0 aliphatic rings. The number of nitrogens with zero attached hydrogens (tertiary/aromatic N) is 1. The highest BCUT2D eigenvalue weighted by Crippen LogP contribution is 2.10. The Kier molecular flexibility index (Phi) is 7.48. The second-order valence-electron chi connectivity index (χ2n) is 4.90. The van der Waals surface area contributed by atoms with E-state index in [1.165, 1.54) is 11.3 Å². The SMILES string of the molecule is CC/C=C(\CCC)NC(C)=NCCc1ccc(O)cc1. The molecule has 3 nitrogen and oxygen atoms in total. The van der Waals surface area contributed by atoms with Crippen LogP contribution in [-0.2, 0) is 6.42 Å². The minimum Gasteiger partial charge on any atom is -0.508 e. The van der Waals surface area contributed by atoms with E-state index in [0.29, 0.717) is 5.75 Å². The fraction of sp³-hybridized carbons (Fsp3) is 0.471. The number of phenols is 1. The Morgan fingerprint density at radius 2 is 1.95 bits per heavy atom. The van der Waals surface area contributed by atoms with Gasteiger partial charge in [-0.2, -0.15) is 0 Å². The Labute approximate surface area is 122 Å². The third kappa shape index (κ3) is 6.41. The fourth-order valence-corrected chi connectivity index (χ4v) is 2.02. The van der Waals surface area contributed by atoms with E-state index in [-0.39, 0.29) is 0 Å². The standard InChI is InChI=1S/C17H26N2O/c1-4-6-16(7-5-2)19-14(3)18-13-12-15-8-10-17(20)11-9-15/h6,8-11,20H,4-5,7,12-13H2,1-3H3,(H,18,19)/b16-6+. The normalized spacial score (nSPS) is 12.6. The van der Waals surface area contributed by atoms with Crippen molar-refractivity contribution in [2.75, 3.05) is 6.54 Å². The van der Waals surface area contributed by atoms with Crippen molar-refractivity contribution in [1.82, 2.24) is 5.32 Å². The molecule has 0 aliphatic heterocycles. The Bertz CT molecular complexity index is 447. The van der Waals surface area contributed by atoms with Gasteiger partial charge in [-0.25, -0.2) is 0 Å². The maximum Gasteiger partial charge on any atom is 0.115 e. The van der Waals surface area contributed by atoms with E-state index in [9.17, 15) is 5.11 Å². The molecule has 3 heteroatoms. The first-order valence-electron chi connectivity index (χ1n) is 7.40. The van der Waals surface area contributed by atoms with Crippen LogP contribution in [0.4, 0.5) is 0 Å². The number of nitrogens with one attached hydrogen (secondary N) is 1. The summed E-state index contributed by atoms with van der Waals surface area (Å²) in [7, 11) is 0. The van der Waals surface area contributed by atoms with Gasteiger partial charge in [0.1, 0.15) is 5.75 Å². The van der Waals surface area contributed by atoms with E-state index >= 15 is 0 Å². The molecule has 0 bridgehead atoms. The van der Waals surface area contributed by atoms with Gasteiger partial charge in [0.05, 0.1) is 5.84 Å².